The molecular formula is C32H48O6. The largest absolute Gasteiger partial charge is 0.481 e. The van der Waals surface area contributed by atoms with Gasteiger partial charge in [-0.05, 0) is 124 Å². The van der Waals surface area contributed by atoms with E-state index >= 15 is 0 Å². The molecule has 5 rings (SSSR count). The molecular weight excluding hydrogens is 480 g/mol. The molecule has 5 saturated carbocycles. The molecule has 11 atom stereocenters. The van der Waals surface area contributed by atoms with E-state index in [2.05, 4.69) is 34.3 Å². The van der Waals surface area contributed by atoms with Gasteiger partial charge in [0.05, 0.1) is 5.41 Å². The van der Waals surface area contributed by atoms with Gasteiger partial charge in [-0.25, -0.2) is 0 Å². The predicted octanol–water partition coefficient (Wildman–Crippen LogP) is 6.73. The molecule has 0 saturated heterocycles. The molecule has 5 fully saturated rings. The van der Waals surface area contributed by atoms with Gasteiger partial charge in [0.2, 0.25) is 0 Å². The van der Waals surface area contributed by atoms with Crippen LogP contribution in [0.3, 0.4) is 0 Å². The third-order valence-corrected chi connectivity index (χ3v) is 13.9. The third-order valence-electron chi connectivity index (χ3n) is 13.9. The highest BCUT2D eigenvalue weighted by Crippen LogP contribution is 2.77. The lowest BCUT2D eigenvalue weighted by atomic mass is 9.32. The highest BCUT2D eigenvalue weighted by molar-refractivity contribution is 5.77. The number of ether oxygens (including phenoxy) is 1. The fraction of sp³-hybridized carbons (Fsp3) is 0.844. The van der Waals surface area contributed by atoms with Gasteiger partial charge in [-0.2, -0.15) is 0 Å². The van der Waals surface area contributed by atoms with E-state index in [4.69, 9.17) is 4.74 Å². The lowest BCUT2D eigenvalue weighted by molar-refractivity contribution is -0.253. The van der Waals surface area contributed by atoms with Gasteiger partial charge in [0.15, 0.2) is 0 Å². The van der Waals surface area contributed by atoms with Crippen LogP contribution in [0, 0.1) is 56.7 Å². The zero-order valence-electron chi connectivity index (χ0n) is 24.3. The molecule has 0 aliphatic heterocycles. The smallest absolute Gasteiger partial charge is 0.313 e. The predicted molar refractivity (Wildman–Crippen MR) is 144 cm³/mol. The van der Waals surface area contributed by atoms with Gasteiger partial charge in [-0.1, -0.05) is 32.9 Å². The summed E-state index contributed by atoms with van der Waals surface area (Å²) in [5.41, 5.74) is -0.789. The number of allylic oxidation sites excluding steroid dienone is 1. The van der Waals surface area contributed by atoms with E-state index in [1.165, 1.54) is 6.92 Å². The Hall–Kier alpha value is -1.85. The van der Waals surface area contributed by atoms with Crippen molar-refractivity contribution in [2.24, 2.45) is 56.7 Å². The molecule has 0 aromatic rings. The Morgan fingerprint density at radius 3 is 2.03 bits per heavy atom. The quantitative estimate of drug-likeness (QED) is 0.310. The molecule has 0 aromatic carbocycles. The summed E-state index contributed by atoms with van der Waals surface area (Å²) in [6, 6.07) is 0. The Kier molecular flexibility index (Phi) is 6.25. The third kappa shape index (κ3) is 3.27. The summed E-state index contributed by atoms with van der Waals surface area (Å²) in [7, 11) is 0. The summed E-state index contributed by atoms with van der Waals surface area (Å²) in [5, 5.41) is 21.1. The number of aliphatic carboxylic acids is 2. The van der Waals surface area contributed by atoms with E-state index < -0.39 is 34.8 Å². The Balaban J connectivity index is 1.55. The maximum Gasteiger partial charge on any atom is 0.313 e. The van der Waals surface area contributed by atoms with Crippen molar-refractivity contribution in [3.8, 4) is 0 Å². The van der Waals surface area contributed by atoms with Gasteiger partial charge >= 0.3 is 17.9 Å². The van der Waals surface area contributed by atoms with Gasteiger partial charge in [0.1, 0.15) is 11.5 Å². The number of esters is 1. The molecule has 0 spiro atoms. The highest BCUT2D eigenvalue weighted by Gasteiger charge is 2.73. The minimum Gasteiger partial charge on any atom is -0.481 e. The Morgan fingerprint density at radius 2 is 1.45 bits per heavy atom. The van der Waals surface area contributed by atoms with Gasteiger partial charge in [-0.3, -0.25) is 14.4 Å². The van der Waals surface area contributed by atoms with Crippen molar-refractivity contribution in [2.75, 3.05) is 0 Å². The fourth-order valence-electron chi connectivity index (χ4n) is 11.8. The molecule has 5 aliphatic rings. The second kappa shape index (κ2) is 8.57. The minimum absolute atomic E-state index is 0.00171. The summed E-state index contributed by atoms with van der Waals surface area (Å²) in [5.74, 6) is -0.872. The molecule has 0 heterocycles. The molecule has 6 heteroatoms. The van der Waals surface area contributed by atoms with E-state index in [0.717, 1.165) is 63.4 Å². The highest BCUT2D eigenvalue weighted by atomic mass is 16.5. The van der Waals surface area contributed by atoms with Crippen LogP contribution < -0.4 is 0 Å². The normalized spacial score (nSPS) is 51.5. The van der Waals surface area contributed by atoms with Crippen LogP contribution in [0.2, 0.25) is 0 Å². The Bertz CT molecular complexity index is 1070. The molecule has 6 nitrogen and oxygen atoms in total. The first-order chi connectivity index (χ1) is 17.6. The topological polar surface area (TPSA) is 101 Å². The number of hydrogen-bond donors (Lipinski definition) is 2. The van der Waals surface area contributed by atoms with Crippen molar-refractivity contribution in [2.45, 2.75) is 112 Å². The molecule has 212 valence electrons. The van der Waals surface area contributed by atoms with E-state index in [-0.39, 0.29) is 34.0 Å². The fourth-order valence-corrected chi connectivity index (χ4v) is 11.8. The minimum atomic E-state index is -1.11. The maximum atomic E-state index is 12.9. The molecule has 0 aromatic heterocycles. The number of fused-ring (bicyclic) bond motifs is 7. The maximum absolute atomic E-state index is 12.9. The van der Waals surface area contributed by atoms with Gasteiger partial charge < -0.3 is 14.9 Å². The van der Waals surface area contributed by atoms with Crippen LogP contribution in [0.15, 0.2) is 12.2 Å². The van der Waals surface area contributed by atoms with E-state index in [0.29, 0.717) is 18.3 Å². The molecule has 0 unspecified atom stereocenters. The van der Waals surface area contributed by atoms with Gasteiger partial charge in [0, 0.05) is 6.92 Å². The first kappa shape index (κ1) is 27.7. The number of carboxylic acids is 2. The lowest BCUT2D eigenvalue weighted by Crippen LogP contribution is -2.68. The van der Waals surface area contributed by atoms with Gasteiger partial charge in [0.25, 0.3) is 0 Å². The zero-order chi connectivity index (χ0) is 28.1. The van der Waals surface area contributed by atoms with Gasteiger partial charge in [-0.15, -0.1) is 0 Å². The first-order valence-corrected chi connectivity index (χ1v) is 14.9. The van der Waals surface area contributed by atoms with Crippen LogP contribution >= 0.6 is 0 Å². The average molecular weight is 529 g/mol. The van der Waals surface area contributed by atoms with Crippen LogP contribution in [0.1, 0.15) is 106 Å². The van der Waals surface area contributed by atoms with Crippen LogP contribution in [-0.4, -0.2) is 34.2 Å². The molecule has 0 radical (unpaired) electrons. The molecule has 2 N–H and O–H groups in total. The van der Waals surface area contributed by atoms with Crippen molar-refractivity contribution < 1.29 is 29.3 Å². The first-order valence-electron chi connectivity index (χ1n) is 14.9. The Morgan fingerprint density at radius 1 is 0.763 bits per heavy atom. The lowest BCUT2D eigenvalue weighted by Gasteiger charge is -2.72. The van der Waals surface area contributed by atoms with Crippen LogP contribution in [0.4, 0.5) is 0 Å². The van der Waals surface area contributed by atoms with Crippen molar-refractivity contribution in [3.05, 3.63) is 12.2 Å². The average Bonchev–Trinajstić information content (AvgIpc) is 3.22. The second-order valence-corrected chi connectivity index (χ2v) is 14.9. The molecule has 0 amide bonds. The second-order valence-electron chi connectivity index (χ2n) is 14.9. The summed E-state index contributed by atoms with van der Waals surface area (Å²) in [6.45, 7) is 16.8. The molecule has 38 heavy (non-hydrogen) atoms. The summed E-state index contributed by atoms with van der Waals surface area (Å²) in [6.07, 6.45) is 7.90. The summed E-state index contributed by atoms with van der Waals surface area (Å²) in [4.78, 5) is 37.6. The number of carbonyl (C=O) groups excluding carboxylic acids is 1. The zero-order valence-corrected chi connectivity index (χ0v) is 24.3. The molecule has 5 aliphatic carbocycles. The van der Waals surface area contributed by atoms with Crippen LogP contribution in [-0.2, 0) is 19.1 Å². The van der Waals surface area contributed by atoms with Crippen molar-refractivity contribution in [1.82, 2.24) is 0 Å². The van der Waals surface area contributed by atoms with Crippen molar-refractivity contribution in [1.29, 1.82) is 0 Å². The van der Waals surface area contributed by atoms with Crippen molar-refractivity contribution >= 4 is 17.9 Å². The van der Waals surface area contributed by atoms with E-state index in [1.54, 1.807) is 0 Å². The molecule has 0 bridgehead atoms. The van der Waals surface area contributed by atoms with E-state index in [9.17, 15) is 24.6 Å². The van der Waals surface area contributed by atoms with Crippen LogP contribution in [0.25, 0.3) is 0 Å². The van der Waals surface area contributed by atoms with Crippen molar-refractivity contribution in [3.63, 3.8) is 0 Å². The number of carbonyl (C=O) groups is 3. The number of carboxylic acid groups (broad SMARTS) is 2. The number of hydrogen-bond acceptors (Lipinski definition) is 4. The number of rotatable bonds is 4. The summed E-state index contributed by atoms with van der Waals surface area (Å²) >= 11 is 0. The standard InChI is InChI=1S/C32H48O6/c1-18(2)20-10-15-32(27(36)37)17-16-29(5)21(25(20)32)8-9-22-28(4)13-12-24(38-19(3)33)31(7,26(34)35)23(28)11-14-30(22,29)6/h20-25H,1,8-17H2,2-7H3,(H,34,35)(H,36,37)/t20-,21+,22+,23+,24+,25+,28+,29+,30+,31-,32-/m0/s1. The summed E-state index contributed by atoms with van der Waals surface area (Å²) < 4.78 is 5.66. The SMILES string of the molecule is C=C(C)[C@@H]1CC[C@]2(C(=O)O)CC[C@]3(C)[C@H](CC[C@@H]4[C@@]5(C)CC[C@@H](OC(C)=O)[C@@](C)(C(=O)O)[C@@H]5CC[C@]43C)[C@@H]12. The Labute approximate surface area is 228 Å². The van der Waals surface area contributed by atoms with Crippen LogP contribution in [0.5, 0.6) is 0 Å². The van der Waals surface area contributed by atoms with E-state index in [1.807, 2.05) is 6.92 Å². The monoisotopic (exact) mass is 528 g/mol.